The maximum atomic E-state index is 12.6. The topological polar surface area (TPSA) is 73.0 Å². The molecule has 4 rings (SSSR count). The standard InChI is InChI=1S/C18H23N5O2/c1-13-10-19-12-22(17(13)24)11-14-4-7-21(8-5-14)16-18(25)23(9-6-20-16)15-2-3-15/h6,9-10,12,14-15H,2-5,7-8,11H2,1H3. The van der Waals surface area contributed by atoms with Gasteiger partial charge in [0, 0.05) is 49.8 Å². The first kappa shape index (κ1) is 16.1. The molecule has 0 N–H and O–H groups in total. The number of piperidine rings is 1. The van der Waals surface area contributed by atoms with Gasteiger partial charge in [-0.25, -0.2) is 9.97 Å². The zero-order chi connectivity index (χ0) is 17.4. The largest absolute Gasteiger partial charge is 0.352 e. The summed E-state index contributed by atoms with van der Waals surface area (Å²) in [6.07, 6.45) is 10.8. The molecule has 0 bridgehead atoms. The smallest absolute Gasteiger partial charge is 0.293 e. The van der Waals surface area contributed by atoms with Crippen LogP contribution in [0, 0.1) is 12.8 Å². The van der Waals surface area contributed by atoms with Crippen LogP contribution in [0.1, 0.15) is 37.3 Å². The van der Waals surface area contributed by atoms with Crippen molar-refractivity contribution in [2.45, 2.75) is 45.2 Å². The Morgan fingerprint density at radius 3 is 2.60 bits per heavy atom. The zero-order valence-electron chi connectivity index (χ0n) is 14.5. The maximum Gasteiger partial charge on any atom is 0.293 e. The van der Waals surface area contributed by atoms with Crippen LogP contribution in [0.3, 0.4) is 0 Å². The third kappa shape index (κ3) is 3.23. The summed E-state index contributed by atoms with van der Waals surface area (Å²) in [6.45, 7) is 4.08. The molecule has 1 saturated carbocycles. The molecular weight excluding hydrogens is 318 g/mol. The van der Waals surface area contributed by atoms with Gasteiger partial charge < -0.3 is 9.47 Å². The Balaban J connectivity index is 1.43. The van der Waals surface area contributed by atoms with Gasteiger partial charge in [0.05, 0.1) is 6.33 Å². The van der Waals surface area contributed by atoms with Crippen molar-refractivity contribution >= 4 is 5.82 Å². The van der Waals surface area contributed by atoms with E-state index in [1.165, 1.54) is 0 Å². The first-order chi connectivity index (χ1) is 12.1. The molecule has 0 radical (unpaired) electrons. The van der Waals surface area contributed by atoms with E-state index in [2.05, 4.69) is 14.9 Å². The summed E-state index contributed by atoms with van der Waals surface area (Å²) < 4.78 is 3.53. The van der Waals surface area contributed by atoms with Gasteiger partial charge in [0.15, 0.2) is 5.82 Å². The van der Waals surface area contributed by atoms with Gasteiger partial charge in [0.1, 0.15) is 0 Å². The number of aromatic nitrogens is 4. The first-order valence-corrected chi connectivity index (χ1v) is 8.96. The molecule has 7 nitrogen and oxygen atoms in total. The third-order valence-corrected chi connectivity index (χ3v) is 5.23. The average Bonchev–Trinajstić information content (AvgIpc) is 3.45. The molecule has 2 fully saturated rings. The highest BCUT2D eigenvalue weighted by Crippen LogP contribution is 2.33. The second-order valence-electron chi connectivity index (χ2n) is 7.16. The van der Waals surface area contributed by atoms with Crippen LogP contribution in [0.5, 0.6) is 0 Å². The lowest BCUT2D eigenvalue weighted by Gasteiger charge is -2.32. The third-order valence-electron chi connectivity index (χ3n) is 5.23. The lowest BCUT2D eigenvalue weighted by molar-refractivity contribution is 0.349. The molecule has 132 valence electrons. The molecular formula is C18H23N5O2. The second kappa shape index (κ2) is 6.46. The molecule has 0 aromatic carbocycles. The Morgan fingerprint density at radius 2 is 1.88 bits per heavy atom. The van der Waals surface area contributed by atoms with Crippen LogP contribution in [-0.4, -0.2) is 32.2 Å². The van der Waals surface area contributed by atoms with Crippen LogP contribution in [0.15, 0.2) is 34.5 Å². The fraction of sp³-hybridized carbons (Fsp3) is 0.556. The van der Waals surface area contributed by atoms with Crippen LogP contribution in [0.25, 0.3) is 0 Å². The number of anilines is 1. The van der Waals surface area contributed by atoms with Crippen LogP contribution >= 0.6 is 0 Å². The van der Waals surface area contributed by atoms with Gasteiger partial charge in [-0.05, 0) is 38.5 Å². The van der Waals surface area contributed by atoms with Crippen LogP contribution < -0.4 is 16.0 Å². The van der Waals surface area contributed by atoms with Crippen molar-refractivity contribution in [3.8, 4) is 0 Å². The minimum Gasteiger partial charge on any atom is -0.352 e. The zero-order valence-corrected chi connectivity index (χ0v) is 14.5. The van der Waals surface area contributed by atoms with Gasteiger partial charge in [0.2, 0.25) is 0 Å². The summed E-state index contributed by atoms with van der Waals surface area (Å²) in [5.74, 6) is 0.995. The predicted octanol–water partition coefficient (Wildman–Crippen LogP) is 1.36. The van der Waals surface area contributed by atoms with Gasteiger partial charge in [-0.2, -0.15) is 0 Å². The molecule has 0 atom stereocenters. The average molecular weight is 341 g/mol. The van der Waals surface area contributed by atoms with E-state index in [0.29, 0.717) is 29.9 Å². The normalized spacial score (nSPS) is 18.5. The molecule has 2 aliphatic rings. The summed E-state index contributed by atoms with van der Waals surface area (Å²) >= 11 is 0. The Bertz CT molecular complexity index is 876. The van der Waals surface area contributed by atoms with E-state index in [4.69, 9.17) is 0 Å². The molecule has 0 spiro atoms. The SMILES string of the molecule is Cc1cncn(CC2CCN(c3nccn(C4CC4)c3=O)CC2)c1=O. The molecule has 2 aromatic rings. The lowest BCUT2D eigenvalue weighted by atomic mass is 9.96. The summed E-state index contributed by atoms with van der Waals surface area (Å²) in [6, 6.07) is 0.368. The van der Waals surface area contributed by atoms with Crippen LogP contribution in [0.2, 0.25) is 0 Å². The van der Waals surface area contributed by atoms with Gasteiger partial charge in [-0.1, -0.05) is 0 Å². The molecule has 1 aliphatic carbocycles. The van der Waals surface area contributed by atoms with E-state index >= 15 is 0 Å². The number of hydrogen-bond donors (Lipinski definition) is 0. The highest BCUT2D eigenvalue weighted by molar-refractivity contribution is 5.36. The summed E-state index contributed by atoms with van der Waals surface area (Å²) in [5.41, 5.74) is 0.742. The number of hydrogen-bond acceptors (Lipinski definition) is 5. The van der Waals surface area contributed by atoms with E-state index < -0.39 is 0 Å². The molecule has 0 amide bonds. The molecule has 3 heterocycles. The quantitative estimate of drug-likeness (QED) is 0.839. The van der Waals surface area contributed by atoms with Crippen molar-refractivity contribution in [1.29, 1.82) is 0 Å². The van der Waals surface area contributed by atoms with Crippen molar-refractivity contribution in [1.82, 2.24) is 19.1 Å². The highest BCUT2D eigenvalue weighted by Gasteiger charge is 2.28. The van der Waals surface area contributed by atoms with E-state index in [0.717, 1.165) is 38.8 Å². The van der Waals surface area contributed by atoms with Crippen molar-refractivity contribution < 1.29 is 0 Å². The van der Waals surface area contributed by atoms with E-state index in [1.54, 1.807) is 36.4 Å². The summed E-state index contributed by atoms with van der Waals surface area (Å²) in [5, 5.41) is 0. The predicted molar refractivity (Wildman–Crippen MR) is 94.9 cm³/mol. The van der Waals surface area contributed by atoms with Gasteiger partial charge in [-0.3, -0.25) is 14.2 Å². The van der Waals surface area contributed by atoms with Crippen molar-refractivity contribution in [3.63, 3.8) is 0 Å². The number of aryl methyl sites for hydroxylation is 1. The number of rotatable bonds is 4. The monoisotopic (exact) mass is 341 g/mol. The fourth-order valence-corrected chi connectivity index (χ4v) is 3.57. The molecule has 2 aromatic heterocycles. The van der Waals surface area contributed by atoms with Crippen molar-refractivity contribution in [2.75, 3.05) is 18.0 Å². The summed E-state index contributed by atoms with van der Waals surface area (Å²) in [4.78, 5) is 35.3. The molecule has 7 heteroatoms. The minimum absolute atomic E-state index is 0.0301. The fourth-order valence-electron chi connectivity index (χ4n) is 3.57. The summed E-state index contributed by atoms with van der Waals surface area (Å²) in [7, 11) is 0. The molecule has 25 heavy (non-hydrogen) atoms. The van der Waals surface area contributed by atoms with Crippen molar-refractivity contribution in [2.24, 2.45) is 5.92 Å². The van der Waals surface area contributed by atoms with Gasteiger partial charge >= 0.3 is 0 Å². The van der Waals surface area contributed by atoms with E-state index in [-0.39, 0.29) is 11.1 Å². The first-order valence-electron chi connectivity index (χ1n) is 8.96. The Kier molecular flexibility index (Phi) is 4.15. The van der Waals surface area contributed by atoms with Gasteiger partial charge in [-0.15, -0.1) is 0 Å². The highest BCUT2D eigenvalue weighted by atomic mass is 16.1. The van der Waals surface area contributed by atoms with Crippen molar-refractivity contribution in [3.05, 3.63) is 51.2 Å². The van der Waals surface area contributed by atoms with Crippen LogP contribution in [0.4, 0.5) is 5.82 Å². The molecule has 1 saturated heterocycles. The molecule has 0 unspecified atom stereocenters. The molecule has 1 aliphatic heterocycles. The Morgan fingerprint density at radius 1 is 1.12 bits per heavy atom. The number of nitrogens with zero attached hydrogens (tertiary/aromatic N) is 5. The van der Waals surface area contributed by atoms with E-state index in [9.17, 15) is 9.59 Å². The van der Waals surface area contributed by atoms with Gasteiger partial charge in [0.25, 0.3) is 11.1 Å². The van der Waals surface area contributed by atoms with Crippen LogP contribution in [-0.2, 0) is 6.54 Å². The van der Waals surface area contributed by atoms with E-state index in [1.807, 2.05) is 4.57 Å². The lowest BCUT2D eigenvalue weighted by Crippen LogP contribution is -2.40. The minimum atomic E-state index is 0.0301. The maximum absolute atomic E-state index is 12.6. The Labute approximate surface area is 146 Å². The second-order valence-corrected chi connectivity index (χ2v) is 7.16. The Hall–Kier alpha value is -2.44.